The number of hydrogen-bond acceptors (Lipinski definition) is 18. The number of hydrogen-bond donors (Lipinski definition) is 6. The predicted molar refractivity (Wildman–Crippen MR) is 147 cm³/mol. The highest BCUT2D eigenvalue weighted by atomic mass is 31.2. The molecule has 6 rings (SSSR count). The molecule has 2 aliphatic heterocycles. The molecule has 0 radical (unpaired) electrons. The Morgan fingerprint density at radius 1 is 0.867 bits per heavy atom. The van der Waals surface area contributed by atoms with Crippen LogP contribution in [0.5, 0.6) is 0 Å². The molecule has 2 saturated heterocycles. The molecule has 0 amide bonds. The first kappa shape index (κ1) is 31.7. The standard InChI is InChI=1S/C21H28N10O12P2/c1-38-44(34,35)40-4-11-15(14(33)21(42-11)31-8-29-13-17(23)25-6-27-19(13)31)43-45(36,37)39-3-9-2-10(32)20(41-9)30-7-28-12-16(22)24-5-26-18(12)30/h5-11,14-15,20-21,32-33H,2-4H2,1H3,(H,34,35)(H,36,37)(H2,22,24,26)(H2,23,25,27)/t9-,10+,11+,14+,15+,20+,21+/m0/s1. The number of phosphoric acid groups is 2. The van der Waals surface area contributed by atoms with Gasteiger partial charge in [0, 0.05) is 13.5 Å². The maximum atomic E-state index is 13.1. The summed E-state index contributed by atoms with van der Waals surface area (Å²) in [6.45, 7) is -1.23. The van der Waals surface area contributed by atoms with E-state index in [1.165, 1.54) is 28.1 Å². The molecule has 0 aliphatic carbocycles. The minimum atomic E-state index is -4.99. The summed E-state index contributed by atoms with van der Waals surface area (Å²) < 4.78 is 59.2. The van der Waals surface area contributed by atoms with Crippen molar-refractivity contribution in [2.75, 3.05) is 31.8 Å². The van der Waals surface area contributed by atoms with E-state index in [0.717, 1.165) is 13.4 Å². The number of rotatable bonds is 11. The monoisotopic (exact) mass is 674 g/mol. The van der Waals surface area contributed by atoms with Gasteiger partial charge in [-0.25, -0.2) is 39.0 Å². The number of nitrogens with two attached hydrogens (primary N) is 2. The van der Waals surface area contributed by atoms with E-state index in [9.17, 15) is 29.1 Å². The Hall–Kier alpha value is -3.24. The van der Waals surface area contributed by atoms with Gasteiger partial charge in [0.15, 0.2) is 35.4 Å². The van der Waals surface area contributed by atoms with Gasteiger partial charge >= 0.3 is 15.6 Å². The van der Waals surface area contributed by atoms with Crippen molar-refractivity contribution >= 4 is 49.6 Å². The summed E-state index contributed by atoms with van der Waals surface area (Å²) in [6, 6.07) is 0. The number of nitrogens with zero attached hydrogens (tertiary/aromatic N) is 8. The van der Waals surface area contributed by atoms with Crippen LogP contribution in [0.3, 0.4) is 0 Å². The van der Waals surface area contributed by atoms with E-state index in [1.807, 2.05) is 0 Å². The maximum Gasteiger partial charge on any atom is 0.472 e. The van der Waals surface area contributed by atoms with Crippen LogP contribution in [-0.2, 0) is 36.7 Å². The van der Waals surface area contributed by atoms with Crippen molar-refractivity contribution in [2.24, 2.45) is 0 Å². The third-order valence-electron chi connectivity index (χ3n) is 7.11. The second kappa shape index (κ2) is 12.2. The van der Waals surface area contributed by atoms with Crippen LogP contribution in [0.25, 0.3) is 22.3 Å². The van der Waals surface area contributed by atoms with Gasteiger partial charge in [-0.05, 0) is 0 Å². The van der Waals surface area contributed by atoms with E-state index < -0.39 is 71.8 Å². The van der Waals surface area contributed by atoms with Crippen LogP contribution in [-0.4, -0.2) is 110 Å². The summed E-state index contributed by atoms with van der Waals surface area (Å²) in [5, 5.41) is 21.8. The van der Waals surface area contributed by atoms with E-state index in [2.05, 4.69) is 34.4 Å². The molecule has 45 heavy (non-hydrogen) atoms. The normalized spacial score (nSPS) is 29.8. The second-order valence-corrected chi connectivity index (χ2v) is 12.9. The number of anilines is 2. The molecule has 0 saturated carbocycles. The summed E-state index contributed by atoms with van der Waals surface area (Å²) in [5.41, 5.74) is 12.6. The van der Waals surface area contributed by atoms with Crippen LogP contribution < -0.4 is 11.5 Å². The van der Waals surface area contributed by atoms with E-state index in [1.54, 1.807) is 0 Å². The van der Waals surface area contributed by atoms with Crippen molar-refractivity contribution in [3.63, 3.8) is 0 Å². The van der Waals surface area contributed by atoms with Gasteiger partial charge in [0.2, 0.25) is 0 Å². The number of ether oxygens (including phenoxy) is 2. The molecule has 4 aromatic heterocycles. The van der Waals surface area contributed by atoms with E-state index in [-0.39, 0.29) is 29.2 Å². The van der Waals surface area contributed by atoms with Gasteiger partial charge < -0.3 is 40.9 Å². The first-order valence-electron chi connectivity index (χ1n) is 13.1. The molecule has 24 heteroatoms. The summed E-state index contributed by atoms with van der Waals surface area (Å²) in [5.74, 6) is 0.185. The van der Waals surface area contributed by atoms with Crippen molar-refractivity contribution in [3.8, 4) is 0 Å². The zero-order valence-corrected chi connectivity index (χ0v) is 24.9. The lowest BCUT2D eigenvalue weighted by molar-refractivity contribution is -0.0558. The Morgan fingerprint density at radius 2 is 1.44 bits per heavy atom. The van der Waals surface area contributed by atoms with Crippen LogP contribution in [0.15, 0.2) is 25.3 Å². The second-order valence-electron chi connectivity index (χ2n) is 9.95. The summed E-state index contributed by atoms with van der Waals surface area (Å²) in [7, 11) is -8.58. The Morgan fingerprint density at radius 3 is 2.04 bits per heavy atom. The zero-order chi connectivity index (χ0) is 32.1. The smallest absolute Gasteiger partial charge is 0.388 e. The van der Waals surface area contributed by atoms with Crippen molar-refractivity contribution in [2.45, 2.75) is 49.4 Å². The van der Waals surface area contributed by atoms with Gasteiger partial charge in [-0.3, -0.25) is 27.2 Å². The minimum Gasteiger partial charge on any atom is -0.388 e. The SMILES string of the molecule is COP(=O)(O)OC[C@H]1O[C@@H](n2cnc3c(N)ncnc32)[C@H](O)[C@@H]1OP(=O)(O)OC[C@@H]1C[C@@H](O)[C@H](n2cnc3c(N)ncnc32)O1. The molecule has 0 spiro atoms. The molecule has 4 aromatic rings. The van der Waals surface area contributed by atoms with E-state index in [4.69, 9.17) is 34.5 Å². The van der Waals surface area contributed by atoms with E-state index in [0.29, 0.717) is 11.2 Å². The van der Waals surface area contributed by atoms with Gasteiger partial charge in [-0.15, -0.1) is 0 Å². The van der Waals surface area contributed by atoms with Crippen LogP contribution in [0, 0.1) is 0 Å². The predicted octanol–water partition coefficient (Wildman–Crippen LogP) is -0.997. The quantitative estimate of drug-likeness (QED) is 0.104. The number of aromatic nitrogens is 8. The number of phosphoric ester groups is 2. The summed E-state index contributed by atoms with van der Waals surface area (Å²) >= 11 is 0. The fourth-order valence-electron chi connectivity index (χ4n) is 5.00. The zero-order valence-electron chi connectivity index (χ0n) is 23.2. The third-order valence-corrected chi connectivity index (χ3v) is 9.03. The highest BCUT2D eigenvalue weighted by Crippen LogP contribution is 2.50. The average molecular weight is 674 g/mol. The molecule has 2 unspecified atom stereocenters. The fraction of sp³-hybridized carbons (Fsp3) is 0.524. The van der Waals surface area contributed by atoms with Crippen molar-refractivity contribution in [3.05, 3.63) is 25.3 Å². The third kappa shape index (κ3) is 6.28. The number of nitrogen functional groups attached to an aromatic ring is 2. The van der Waals surface area contributed by atoms with Crippen LogP contribution in [0.1, 0.15) is 18.9 Å². The number of imidazole rings is 2. The van der Waals surface area contributed by atoms with Crippen molar-refractivity contribution in [1.82, 2.24) is 39.0 Å². The first-order chi connectivity index (χ1) is 21.4. The van der Waals surface area contributed by atoms with E-state index >= 15 is 0 Å². The lowest BCUT2D eigenvalue weighted by atomic mass is 10.1. The Bertz CT molecular complexity index is 1790. The molecule has 0 aromatic carbocycles. The average Bonchev–Trinajstić information content (AvgIpc) is 3.77. The number of aliphatic hydroxyl groups is 2. The molecule has 6 heterocycles. The van der Waals surface area contributed by atoms with Gasteiger partial charge in [0.1, 0.15) is 48.1 Å². The molecule has 2 aliphatic rings. The van der Waals surface area contributed by atoms with Gasteiger partial charge in [-0.2, -0.15) is 0 Å². The summed E-state index contributed by atoms with van der Waals surface area (Å²) in [6.07, 6.45) is -3.99. The molecular weight excluding hydrogens is 646 g/mol. The molecule has 0 bridgehead atoms. The maximum absolute atomic E-state index is 13.1. The van der Waals surface area contributed by atoms with Crippen LogP contribution in [0.4, 0.5) is 11.6 Å². The van der Waals surface area contributed by atoms with Crippen molar-refractivity contribution in [1.29, 1.82) is 0 Å². The van der Waals surface area contributed by atoms with Crippen molar-refractivity contribution < 1.29 is 56.7 Å². The van der Waals surface area contributed by atoms with Gasteiger partial charge in [0.25, 0.3) is 0 Å². The first-order valence-corrected chi connectivity index (χ1v) is 16.1. The molecule has 9 atom stereocenters. The molecule has 244 valence electrons. The molecule has 2 fully saturated rings. The number of aliphatic hydroxyl groups excluding tert-OH is 2. The molecule has 22 nitrogen and oxygen atoms in total. The topological polar surface area (TPSA) is 310 Å². The van der Waals surface area contributed by atoms with Gasteiger partial charge in [0.05, 0.1) is 32.0 Å². The van der Waals surface area contributed by atoms with Gasteiger partial charge in [-0.1, -0.05) is 0 Å². The highest BCUT2D eigenvalue weighted by molar-refractivity contribution is 7.47. The Labute approximate surface area is 252 Å². The summed E-state index contributed by atoms with van der Waals surface area (Å²) in [4.78, 5) is 44.5. The Kier molecular flexibility index (Phi) is 8.58. The minimum absolute atomic E-state index is 0.000103. The molecule has 8 N–H and O–H groups in total. The molecular formula is C21H28N10O12P2. The lowest BCUT2D eigenvalue weighted by Gasteiger charge is -2.24. The van der Waals surface area contributed by atoms with Crippen LogP contribution >= 0.6 is 15.6 Å². The van der Waals surface area contributed by atoms with Crippen LogP contribution in [0.2, 0.25) is 0 Å². The fourth-order valence-corrected chi connectivity index (χ4v) is 6.42. The lowest BCUT2D eigenvalue weighted by Crippen LogP contribution is -2.36. The Balaban J connectivity index is 1.16. The number of fused-ring (bicyclic) bond motifs is 2. The largest absolute Gasteiger partial charge is 0.472 e. The highest BCUT2D eigenvalue weighted by Gasteiger charge is 2.50.